The summed E-state index contributed by atoms with van der Waals surface area (Å²) in [6, 6.07) is 0. The largest absolute Gasteiger partial charge is 0.282 e. The van der Waals surface area contributed by atoms with Crippen molar-refractivity contribution in [2.75, 3.05) is 0 Å². The van der Waals surface area contributed by atoms with E-state index >= 15 is 0 Å². The molecule has 0 N–H and O–H groups in total. The fraction of sp³-hybridized carbons (Fsp3) is 0.0769. The van der Waals surface area contributed by atoms with E-state index in [4.69, 9.17) is 0 Å². The molecular weight excluding hydrogens is 508 g/mol. The average molecular weight is 514 g/mol. The first-order valence-electron chi connectivity index (χ1n) is 5.48. The SMILES string of the molecule is C.O=C1C=C2SC(=O)C=C2S1.O=C1SC2=C(Br)C(=O)SC2=C1Br. The van der Waals surface area contributed by atoms with Crippen molar-refractivity contribution in [3.05, 3.63) is 40.7 Å². The van der Waals surface area contributed by atoms with Gasteiger partial charge in [-0.1, -0.05) is 7.43 Å². The monoisotopic (exact) mass is 512 g/mol. The first kappa shape index (κ1) is 19.3. The fourth-order valence-corrected chi connectivity index (χ4v) is 6.99. The molecule has 4 aliphatic rings. The maximum absolute atomic E-state index is 11.1. The molecule has 0 aromatic rings. The molecule has 0 fully saturated rings. The minimum Gasteiger partial charge on any atom is -0.282 e. The van der Waals surface area contributed by atoms with Gasteiger partial charge in [-0.2, -0.15) is 0 Å². The molecule has 0 unspecified atom stereocenters. The molecule has 23 heavy (non-hydrogen) atoms. The van der Waals surface area contributed by atoms with Gasteiger partial charge in [-0.3, -0.25) is 19.2 Å². The highest BCUT2D eigenvalue weighted by atomic mass is 79.9. The smallest absolute Gasteiger partial charge is 0.232 e. The van der Waals surface area contributed by atoms with Gasteiger partial charge in [-0.25, -0.2) is 0 Å². The Morgan fingerprint density at radius 1 is 0.652 bits per heavy atom. The summed E-state index contributed by atoms with van der Waals surface area (Å²) in [4.78, 5) is 46.7. The summed E-state index contributed by atoms with van der Waals surface area (Å²) in [6.45, 7) is 0. The van der Waals surface area contributed by atoms with Gasteiger partial charge in [0, 0.05) is 31.8 Å². The van der Waals surface area contributed by atoms with E-state index in [1.807, 2.05) is 0 Å². The number of hydrogen-bond donors (Lipinski definition) is 0. The van der Waals surface area contributed by atoms with Crippen LogP contribution in [0, 0.1) is 0 Å². The van der Waals surface area contributed by atoms with E-state index in [-0.39, 0.29) is 27.9 Å². The normalized spacial score (nSPS) is 21.8. The molecule has 0 bridgehead atoms. The summed E-state index contributed by atoms with van der Waals surface area (Å²) in [5.74, 6) is 0. The molecule has 0 spiro atoms. The second-order valence-corrected chi connectivity index (χ2v) is 9.57. The van der Waals surface area contributed by atoms with Crippen LogP contribution < -0.4 is 0 Å². The lowest BCUT2D eigenvalue weighted by Gasteiger charge is -1.87. The highest BCUT2D eigenvalue weighted by Gasteiger charge is 2.37. The topological polar surface area (TPSA) is 68.3 Å². The van der Waals surface area contributed by atoms with Crippen LogP contribution in [0.25, 0.3) is 0 Å². The number of fused-ring (bicyclic) bond motifs is 2. The van der Waals surface area contributed by atoms with Gasteiger partial charge in [0.15, 0.2) is 0 Å². The molecule has 4 heterocycles. The van der Waals surface area contributed by atoms with E-state index in [0.29, 0.717) is 8.96 Å². The molecular formula is C13H6Br2O4S4. The van der Waals surface area contributed by atoms with Crippen LogP contribution in [0.2, 0.25) is 0 Å². The maximum atomic E-state index is 11.1. The van der Waals surface area contributed by atoms with Crippen LogP contribution in [-0.2, 0) is 19.2 Å². The van der Waals surface area contributed by atoms with E-state index in [1.165, 1.54) is 12.2 Å². The summed E-state index contributed by atoms with van der Waals surface area (Å²) >= 11 is 10.7. The predicted molar refractivity (Wildman–Crippen MR) is 105 cm³/mol. The second-order valence-electron chi connectivity index (χ2n) is 3.92. The Labute approximate surface area is 165 Å². The highest BCUT2D eigenvalue weighted by molar-refractivity contribution is 9.13. The number of carbonyl (C=O) groups excluding carboxylic acids is 4. The number of carbonyl (C=O) groups is 4. The van der Waals surface area contributed by atoms with Crippen molar-refractivity contribution < 1.29 is 19.2 Å². The van der Waals surface area contributed by atoms with Gasteiger partial charge in [0.1, 0.15) is 0 Å². The lowest BCUT2D eigenvalue weighted by atomic mass is 10.4. The van der Waals surface area contributed by atoms with Crippen LogP contribution in [0.3, 0.4) is 0 Å². The minimum absolute atomic E-state index is 0. The third kappa shape index (κ3) is 3.82. The van der Waals surface area contributed by atoms with Crippen molar-refractivity contribution in [3.63, 3.8) is 0 Å². The fourth-order valence-electron chi connectivity index (χ4n) is 1.63. The van der Waals surface area contributed by atoms with Crippen LogP contribution in [0.1, 0.15) is 7.43 Å². The number of rotatable bonds is 0. The van der Waals surface area contributed by atoms with Gasteiger partial charge in [-0.15, -0.1) is 0 Å². The summed E-state index contributed by atoms with van der Waals surface area (Å²) in [5, 5.41) is -0.00333. The van der Waals surface area contributed by atoms with E-state index in [1.54, 1.807) is 0 Å². The van der Waals surface area contributed by atoms with Gasteiger partial charge >= 0.3 is 0 Å². The van der Waals surface area contributed by atoms with Crippen LogP contribution in [-0.4, -0.2) is 20.5 Å². The Hall–Kier alpha value is -0.000000000000000333. The molecule has 0 aliphatic carbocycles. The van der Waals surface area contributed by atoms with E-state index < -0.39 is 0 Å². The predicted octanol–water partition coefficient (Wildman–Crippen LogP) is 4.68. The molecule has 10 heteroatoms. The Morgan fingerprint density at radius 2 is 1.00 bits per heavy atom. The zero-order chi connectivity index (χ0) is 16.0. The van der Waals surface area contributed by atoms with Crippen molar-refractivity contribution in [1.82, 2.24) is 0 Å². The summed E-state index contributed by atoms with van der Waals surface area (Å²) in [6.07, 6.45) is 3.01. The van der Waals surface area contributed by atoms with Crippen molar-refractivity contribution in [3.8, 4) is 0 Å². The standard InChI is InChI=1S/C6Br2O2S2.C6H2O2S2.CH4/c7-1-3-4(12-5(1)9)2(8)6(10)11-3;7-5-1-3-4(10-5)2-6(8)9-3;/h;1-2H;1H4. The first-order chi connectivity index (χ1) is 10.4. The molecule has 0 atom stereocenters. The molecule has 0 aromatic carbocycles. The third-order valence-electron chi connectivity index (χ3n) is 2.51. The van der Waals surface area contributed by atoms with Crippen molar-refractivity contribution in [1.29, 1.82) is 0 Å². The first-order valence-corrected chi connectivity index (χ1v) is 10.3. The highest BCUT2D eigenvalue weighted by Crippen LogP contribution is 2.54. The Kier molecular flexibility index (Phi) is 6.29. The summed E-state index contributed by atoms with van der Waals surface area (Å²) in [5.41, 5.74) is 0. The molecule has 0 amide bonds. The molecule has 4 nitrogen and oxygen atoms in total. The molecule has 0 radical (unpaired) electrons. The minimum atomic E-state index is -0.0306. The molecule has 0 aromatic heterocycles. The second kappa shape index (κ2) is 7.49. The third-order valence-corrected chi connectivity index (χ3v) is 9.09. The van der Waals surface area contributed by atoms with Crippen molar-refractivity contribution in [2.45, 2.75) is 7.43 Å². The zero-order valence-corrected chi connectivity index (χ0v) is 16.6. The van der Waals surface area contributed by atoms with Crippen molar-refractivity contribution in [2.24, 2.45) is 0 Å². The van der Waals surface area contributed by atoms with Crippen LogP contribution >= 0.6 is 78.9 Å². The van der Waals surface area contributed by atoms with Crippen LogP contribution in [0.15, 0.2) is 40.7 Å². The van der Waals surface area contributed by atoms with Crippen LogP contribution in [0.4, 0.5) is 0 Å². The van der Waals surface area contributed by atoms with E-state index in [9.17, 15) is 19.2 Å². The Morgan fingerprint density at radius 3 is 1.35 bits per heavy atom. The number of halogens is 2. The van der Waals surface area contributed by atoms with Gasteiger partial charge in [0.25, 0.3) is 0 Å². The number of thioether (sulfide) groups is 4. The lowest BCUT2D eigenvalue weighted by molar-refractivity contribution is -0.108. The number of hydrogen-bond acceptors (Lipinski definition) is 8. The lowest BCUT2D eigenvalue weighted by Crippen LogP contribution is -1.87. The Balaban J connectivity index is 0.000000162. The molecule has 4 aliphatic heterocycles. The van der Waals surface area contributed by atoms with E-state index in [0.717, 1.165) is 66.7 Å². The zero-order valence-electron chi connectivity index (χ0n) is 10.2. The van der Waals surface area contributed by atoms with Crippen LogP contribution in [0.5, 0.6) is 0 Å². The maximum Gasteiger partial charge on any atom is 0.232 e. The van der Waals surface area contributed by atoms with Gasteiger partial charge in [-0.05, 0) is 78.9 Å². The summed E-state index contributed by atoms with van der Waals surface area (Å²) in [7, 11) is 0. The van der Waals surface area contributed by atoms with E-state index in [2.05, 4.69) is 31.9 Å². The van der Waals surface area contributed by atoms with Gasteiger partial charge in [0.2, 0.25) is 20.5 Å². The van der Waals surface area contributed by atoms with Gasteiger partial charge < -0.3 is 0 Å². The molecule has 0 saturated heterocycles. The molecule has 120 valence electrons. The van der Waals surface area contributed by atoms with Gasteiger partial charge in [0.05, 0.1) is 8.96 Å². The molecule has 4 rings (SSSR count). The van der Waals surface area contributed by atoms with Crippen molar-refractivity contribution >= 4 is 99.4 Å². The average Bonchev–Trinajstić information content (AvgIpc) is 3.10. The summed E-state index contributed by atoms with van der Waals surface area (Å²) < 4.78 is 1.02. The quantitative estimate of drug-likeness (QED) is 0.462. The molecule has 0 saturated carbocycles. The Bertz CT molecular complexity index is 726.